The van der Waals surface area contributed by atoms with Gasteiger partial charge in [0.15, 0.2) is 0 Å². The molecule has 0 saturated heterocycles. The van der Waals surface area contributed by atoms with Crippen LogP contribution in [0.4, 0.5) is 0 Å². The Kier molecular flexibility index (Phi) is 4.20. The maximum atomic E-state index is 12.6. The second-order valence-corrected chi connectivity index (χ2v) is 5.93. The summed E-state index contributed by atoms with van der Waals surface area (Å²) in [5.74, 6) is -0.0985. The summed E-state index contributed by atoms with van der Waals surface area (Å²) in [6, 6.07) is 7.94. The lowest BCUT2D eigenvalue weighted by molar-refractivity contribution is 0.0938. The van der Waals surface area contributed by atoms with Gasteiger partial charge in [0, 0.05) is 30.8 Å². The van der Waals surface area contributed by atoms with E-state index in [0.29, 0.717) is 5.56 Å². The molecule has 6 heteroatoms. The number of imidazole rings is 1. The quantitative estimate of drug-likeness (QED) is 0.803. The summed E-state index contributed by atoms with van der Waals surface area (Å²) >= 11 is 0. The van der Waals surface area contributed by atoms with Gasteiger partial charge in [-0.05, 0) is 38.5 Å². The normalized spacial score (nSPS) is 12.2. The van der Waals surface area contributed by atoms with Gasteiger partial charge in [-0.25, -0.2) is 4.98 Å². The fourth-order valence-corrected chi connectivity index (χ4v) is 2.82. The van der Waals surface area contributed by atoms with Gasteiger partial charge in [-0.1, -0.05) is 12.1 Å². The van der Waals surface area contributed by atoms with Crippen molar-refractivity contribution in [2.45, 2.75) is 26.8 Å². The van der Waals surface area contributed by atoms with Crippen LogP contribution in [0.15, 0.2) is 43.0 Å². The molecular weight excluding hydrogens is 302 g/mol. The third kappa shape index (κ3) is 2.95. The Morgan fingerprint density at radius 2 is 2.08 bits per heavy atom. The molecule has 0 spiro atoms. The molecule has 124 valence electrons. The average Bonchev–Trinajstić information content (AvgIpc) is 3.16. The molecular formula is C18H21N5O. The number of hydrogen-bond donors (Lipinski definition) is 1. The molecule has 1 amide bonds. The van der Waals surface area contributed by atoms with Crippen LogP contribution in [0.5, 0.6) is 0 Å². The van der Waals surface area contributed by atoms with Crippen molar-refractivity contribution >= 4 is 5.91 Å². The number of nitrogens with zero attached hydrogens (tertiary/aromatic N) is 4. The molecule has 1 atom stereocenters. The van der Waals surface area contributed by atoms with Gasteiger partial charge in [0.2, 0.25) is 0 Å². The summed E-state index contributed by atoms with van der Waals surface area (Å²) < 4.78 is 3.67. The molecule has 0 bridgehead atoms. The summed E-state index contributed by atoms with van der Waals surface area (Å²) in [6.45, 7) is 5.73. The Bertz CT molecular complexity index is 864. The first-order valence-electron chi connectivity index (χ1n) is 7.86. The number of benzene rings is 1. The van der Waals surface area contributed by atoms with Crippen molar-refractivity contribution in [3.05, 3.63) is 65.5 Å². The number of aromatic nitrogens is 4. The van der Waals surface area contributed by atoms with Gasteiger partial charge in [-0.15, -0.1) is 0 Å². The first-order valence-corrected chi connectivity index (χ1v) is 7.86. The van der Waals surface area contributed by atoms with Crippen molar-refractivity contribution in [2.24, 2.45) is 7.05 Å². The van der Waals surface area contributed by atoms with Crippen molar-refractivity contribution in [2.75, 3.05) is 0 Å². The van der Waals surface area contributed by atoms with Gasteiger partial charge < -0.3 is 9.88 Å². The number of amides is 1. The second kappa shape index (κ2) is 6.31. The lowest BCUT2D eigenvalue weighted by Crippen LogP contribution is -2.27. The van der Waals surface area contributed by atoms with E-state index in [1.807, 2.05) is 56.8 Å². The van der Waals surface area contributed by atoms with Gasteiger partial charge in [-0.2, -0.15) is 5.10 Å². The average molecular weight is 323 g/mol. The van der Waals surface area contributed by atoms with Crippen molar-refractivity contribution in [3.63, 3.8) is 0 Å². The first-order chi connectivity index (χ1) is 11.5. The number of carbonyl (C=O) groups is 1. The van der Waals surface area contributed by atoms with Crippen molar-refractivity contribution in [1.82, 2.24) is 24.6 Å². The van der Waals surface area contributed by atoms with E-state index in [4.69, 9.17) is 0 Å². The van der Waals surface area contributed by atoms with Crippen molar-refractivity contribution < 1.29 is 4.79 Å². The summed E-state index contributed by atoms with van der Waals surface area (Å²) in [5, 5.41) is 7.37. The van der Waals surface area contributed by atoms with E-state index in [1.165, 1.54) is 0 Å². The third-order valence-electron chi connectivity index (χ3n) is 4.26. The summed E-state index contributed by atoms with van der Waals surface area (Å²) in [5.41, 5.74) is 4.31. The van der Waals surface area contributed by atoms with E-state index in [0.717, 1.165) is 22.6 Å². The number of carbonyl (C=O) groups excluding carboxylic acids is 1. The Hall–Kier alpha value is -2.89. The first kappa shape index (κ1) is 16.0. The Balaban J connectivity index is 1.81. The van der Waals surface area contributed by atoms with Crippen LogP contribution in [-0.4, -0.2) is 25.2 Å². The van der Waals surface area contributed by atoms with Crippen molar-refractivity contribution in [1.29, 1.82) is 0 Å². The van der Waals surface area contributed by atoms with E-state index in [2.05, 4.69) is 21.5 Å². The standard InChI is InChI=1S/C18H21N5O/c1-12(20-18(24)17-13(2)21-22(4)14(17)3)15-6-5-7-16(10-15)23-9-8-19-11-23/h5-12H,1-4H3,(H,20,24)/t12-/m1/s1. The zero-order valence-electron chi connectivity index (χ0n) is 14.3. The van der Waals surface area contributed by atoms with E-state index in [1.54, 1.807) is 17.2 Å². The number of rotatable bonds is 4. The van der Waals surface area contributed by atoms with E-state index < -0.39 is 0 Å². The van der Waals surface area contributed by atoms with Crippen LogP contribution in [0.1, 0.15) is 40.3 Å². The molecule has 0 aliphatic rings. The van der Waals surface area contributed by atoms with Crippen LogP contribution < -0.4 is 5.32 Å². The zero-order chi connectivity index (χ0) is 17.3. The maximum absolute atomic E-state index is 12.6. The minimum absolute atomic E-state index is 0.0985. The summed E-state index contributed by atoms with van der Waals surface area (Å²) in [7, 11) is 1.84. The lowest BCUT2D eigenvalue weighted by atomic mass is 10.1. The monoisotopic (exact) mass is 323 g/mol. The van der Waals surface area contributed by atoms with Crippen molar-refractivity contribution in [3.8, 4) is 5.69 Å². The van der Waals surface area contributed by atoms with E-state index >= 15 is 0 Å². The molecule has 0 aliphatic heterocycles. The van der Waals surface area contributed by atoms with Crippen LogP contribution in [0.25, 0.3) is 5.69 Å². The molecule has 1 N–H and O–H groups in total. The zero-order valence-corrected chi connectivity index (χ0v) is 14.3. The molecule has 0 radical (unpaired) electrons. The Morgan fingerprint density at radius 1 is 1.29 bits per heavy atom. The lowest BCUT2D eigenvalue weighted by Gasteiger charge is -2.16. The van der Waals surface area contributed by atoms with E-state index in [-0.39, 0.29) is 11.9 Å². The number of aryl methyl sites for hydroxylation is 2. The third-order valence-corrected chi connectivity index (χ3v) is 4.26. The Labute approximate surface area is 141 Å². The Morgan fingerprint density at radius 3 is 2.71 bits per heavy atom. The highest BCUT2D eigenvalue weighted by Crippen LogP contribution is 2.19. The topological polar surface area (TPSA) is 64.7 Å². The highest BCUT2D eigenvalue weighted by Gasteiger charge is 2.19. The highest BCUT2D eigenvalue weighted by molar-refractivity contribution is 5.96. The molecule has 2 aromatic heterocycles. The summed E-state index contributed by atoms with van der Waals surface area (Å²) in [6.07, 6.45) is 5.39. The highest BCUT2D eigenvalue weighted by atomic mass is 16.1. The summed E-state index contributed by atoms with van der Waals surface area (Å²) in [4.78, 5) is 16.7. The molecule has 0 fully saturated rings. The van der Waals surface area contributed by atoms with Crippen LogP contribution in [0.2, 0.25) is 0 Å². The smallest absolute Gasteiger partial charge is 0.255 e. The van der Waals surface area contributed by atoms with E-state index in [9.17, 15) is 4.79 Å². The molecule has 6 nitrogen and oxygen atoms in total. The van der Waals surface area contributed by atoms with Crippen LogP contribution in [-0.2, 0) is 7.05 Å². The molecule has 2 heterocycles. The number of nitrogens with one attached hydrogen (secondary N) is 1. The fraction of sp³-hybridized carbons (Fsp3) is 0.278. The van der Waals surface area contributed by atoms with Gasteiger partial charge in [0.05, 0.1) is 23.6 Å². The predicted molar refractivity (Wildman–Crippen MR) is 92.1 cm³/mol. The largest absolute Gasteiger partial charge is 0.345 e. The molecule has 3 rings (SSSR count). The van der Waals surface area contributed by atoms with Crippen LogP contribution >= 0.6 is 0 Å². The van der Waals surface area contributed by atoms with Crippen LogP contribution in [0.3, 0.4) is 0 Å². The molecule has 0 saturated carbocycles. The SMILES string of the molecule is Cc1nn(C)c(C)c1C(=O)N[C@H](C)c1cccc(-n2ccnc2)c1. The van der Waals surface area contributed by atoms with Gasteiger partial charge >= 0.3 is 0 Å². The maximum Gasteiger partial charge on any atom is 0.255 e. The van der Waals surface area contributed by atoms with Crippen LogP contribution in [0, 0.1) is 13.8 Å². The minimum Gasteiger partial charge on any atom is -0.345 e. The molecule has 0 aliphatic carbocycles. The predicted octanol–water partition coefficient (Wildman–Crippen LogP) is 2.71. The second-order valence-electron chi connectivity index (χ2n) is 5.93. The number of hydrogen-bond acceptors (Lipinski definition) is 3. The van der Waals surface area contributed by atoms with Gasteiger partial charge in [0.25, 0.3) is 5.91 Å². The molecule has 1 aromatic carbocycles. The molecule has 24 heavy (non-hydrogen) atoms. The molecule has 3 aromatic rings. The molecule has 0 unspecified atom stereocenters. The minimum atomic E-state index is -0.111. The van der Waals surface area contributed by atoms with Gasteiger partial charge in [-0.3, -0.25) is 9.48 Å². The van der Waals surface area contributed by atoms with Gasteiger partial charge in [0.1, 0.15) is 0 Å². The fourth-order valence-electron chi connectivity index (χ4n) is 2.82.